The fraction of sp³-hybridized carbons (Fsp3) is 0.333. The molecule has 0 saturated carbocycles. The number of aromatic carboxylic acids is 1. The van der Waals surface area contributed by atoms with E-state index in [2.05, 4.69) is 4.98 Å². The molecule has 1 aromatic rings. The van der Waals surface area contributed by atoms with Crippen LogP contribution in [0.2, 0.25) is 0 Å². The lowest BCUT2D eigenvalue weighted by Crippen LogP contribution is -2.07. The topological polar surface area (TPSA) is 79.7 Å². The van der Waals surface area contributed by atoms with Gasteiger partial charge in [0, 0.05) is 19.1 Å². The Balaban J connectivity index is 3.10. The van der Waals surface area contributed by atoms with Gasteiger partial charge in [-0.1, -0.05) is 0 Å². The quantitative estimate of drug-likeness (QED) is 0.726. The summed E-state index contributed by atoms with van der Waals surface area (Å²) in [4.78, 5) is 14.7. The Kier molecular flexibility index (Phi) is 3.41. The van der Waals surface area contributed by atoms with Gasteiger partial charge in [-0.25, -0.2) is 9.78 Å². The largest absolute Gasteiger partial charge is 0.481 e. The molecule has 0 fully saturated rings. The zero-order valence-electron chi connectivity index (χ0n) is 7.73. The molecule has 14 heavy (non-hydrogen) atoms. The van der Waals surface area contributed by atoms with E-state index < -0.39 is 5.97 Å². The van der Waals surface area contributed by atoms with E-state index in [1.165, 1.54) is 19.2 Å². The summed E-state index contributed by atoms with van der Waals surface area (Å²) in [7, 11) is 1.45. The summed E-state index contributed by atoms with van der Waals surface area (Å²) >= 11 is 0. The molecule has 0 unspecified atom stereocenters. The number of carbonyl (C=O) groups is 1. The smallest absolute Gasteiger partial charge is 0.337 e. The maximum atomic E-state index is 10.7. The molecular formula is C9H11NO4. The van der Waals surface area contributed by atoms with E-state index in [0.29, 0.717) is 11.6 Å². The van der Waals surface area contributed by atoms with Crippen molar-refractivity contribution in [3.8, 4) is 5.88 Å². The van der Waals surface area contributed by atoms with E-state index in [1.54, 1.807) is 0 Å². The summed E-state index contributed by atoms with van der Waals surface area (Å²) in [5, 5.41) is 17.5. The van der Waals surface area contributed by atoms with Crippen LogP contribution in [0.1, 0.15) is 16.1 Å². The molecule has 0 aliphatic rings. The van der Waals surface area contributed by atoms with Crippen molar-refractivity contribution in [3.05, 3.63) is 23.4 Å². The summed E-state index contributed by atoms with van der Waals surface area (Å²) in [6.07, 6.45) is 0.207. The van der Waals surface area contributed by atoms with Crippen LogP contribution in [0, 0.1) is 0 Å². The van der Waals surface area contributed by atoms with Gasteiger partial charge in [0.2, 0.25) is 5.88 Å². The van der Waals surface area contributed by atoms with E-state index in [9.17, 15) is 4.79 Å². The molecule has 0 bridgehead atoms. The lowest BCUT2D eigenvalue weighted by atomic mass is 10.1. The molecule has 0 radical (unpaired) electrons. The van der Waals surface area contributed by atoms with Crippen molar-refractivity contribution < 1.29 is 19.7 Å². The SMILES string of the molecule is COc1ccc(C(=O)O)c(CCO)n1. The fourth-order valence-electron chi connectivity index (χ4n) is 1.09. The highest BCUT2D eigenvalue weighted by Crippen LogP contribution is 2.13. The first-order valence-corrected chi connectivity index (χ1v) is 4.07. The Morgan fingerprint density at radius 2 is 2.29 bits per heavy atom. The number of hydrogen-bond donors (Lipinski definition) is 2. The molecule has 5 heteroatoms. The molecule has 5 nitrogen and oxygen atoms in total. The van der Waals surface area contributed by atoms with Crippen LogP contribution < -0.4 is 4.74 Å². The Morgan fingerprint density at radius 1 is 1.57 bits per heavy atom. The van der Waals surface area contributed by atoms with Gasteiger partial charge in [-0.3, -0.25) is 0 Å². The minimum Gasteiger partial charge on any atom is -0.481 e. The zero-order chi connectivity index (χ0) is 10.6. The van der Waals surface area contributed by atoms with Crippen molar-refractivity contribution in [1.82, 2.24) is 4.98 Å². The van der Waals surface area contributed by atoms with Crippen LogP contribution in [0.25, 0.3) is 0 Å². The number of carboxylic acids is 1. The second-order valence-electron chi connectivity index (χ2n) is 2.63. The molecule has 0 aliphatic carbocycles. The van der Waals surface area contributed by atoms with Crippen molar-refractivity contribution >= 4 is 5.97 Å². The third kappa shape index (κ3) is 2.20. The van der Waals surface area contributed by atoms with Gasteiger partial charge in [0.05, 0.1) is 18.4 Å². The standard InChI is InChI=1S/C9H11NO4/c1-14-8-3-2-6(9(12)13)7(10-8)4-5-11/h2-3,11H,4-5H2,1H3,(H,12,13). The molecular weight excluding hydrogens is 186 g/mol. The van der Waals surface area contributed by atoms with Gasteiger partial charge >= 0.3 is 5.97 Å². The van der Waals surface area contributed by atoms with Crippen molar-refractivity contribution in [1.29, 1.82) is 0 Å². The van der Waals surface area contributed by atoms with Gasteiger partial charge in [0.25, 0.3) is 0 Å². The van der Waals surface area contributed by atoms with Crippen LogP contribution in [0.3, 0.4) is 0 Å². The number of pyridine rings is 1. The third-order valence-electron chi connectivity index (χ3n) is 1.74. The number of rotatable bonds is 4. The predicted molar refractivity (Wildman–Crippen MR) is 48.5 cm³/mol. The number of ether oxygens (including phenoxy) is 1. The van der Waals surface area contributed by atoms with Crippen LogP contribution in [-0.4, -0.2) is 34.9 Å². The van der Waals surface area contributed by atoms with E-state index in [-0.39, 0.29) is 18.6 Å². The number of hydrogen-bond acceptors (Lipinski definition) is 4. The van der Waals surface area contributed by atoms with E-state index >= 15 is 0 Å². The molecule has 2 N–H and O–H groups in total. The van der Waals surface area contributed by atoms with Crippen molar-refractivity contribution in [2.24, 2.45) is 0 Å². The van der Waals surface area contributed by atoms with Crippen LogP contribution in [0.15, 0.2) is 12.1 Å². The molecule has 1 rings (SSSR count). The number of methoxy groups -OCH3 is 1. The molecule has 0 saturated heterocycles. The average Bonchev–Trinajstić information content (AvgIpc) is 2.17. The lowest BCUT2D eigenvalue weighted by Gasteiger charge is -2.05. The highest BCUT2D eigenvalue weighted by atomic mass is 16.5. The van der Waals surface area contributed by atoms with Gasteiger partial charge < -0.3 is 14.9 Å². The zero-order valence-corrected chi connectivity index (χ0v) is 7.73. The highest BCUT2D eigenvalue weighted by Gasteiger charge is 2.11. The second kappa shape index (κ2) is 4.57. The summed E-state index contributed by atoms with van der Waals surface area (Å²) in [5.41, 5.74) is 0.430. The molecule has 0 aromatic carbocycles. The Bertz CT molecular complexity index is 338. The molecule has 0 aliphatic heterocycles. The Labute approximate surface area is 81.0 Å². The van der Waals surface area contributed by atoms with Crippen molar-refractivity contribution in [2.45, 2.75) is 6.42 Å². The minimum atomic E-state index is -1.05. The Hall–Kier alpha value is -1.62. The highest BCUT2D eigenvalue weighted by molar-refractivity contribution is 5.88. The fourth-order valence-corrected chi connectivity index (χ4v) is 1.09. The molecule has 0 amide bonds. The van der Waals surface area contributed by atoms with Gasteiger partial charge in [0.15, 0.2) is 0 Å². The lowest BCUT2D eigenvalue weighted by molar-refractivity contribution is 0.0695. The molecule has 76 valence electrons. The normalized spacial score (nSPS) is 9.86. The number of aliphatic hydroxyl groups is 1. The van der Waals surface area contributed by atoms with E-state index in [1.807, 2.05) is 0 Å². The first kappa shape index (κ1) is 10.5. The minimum absolute atomic E-state index is 0.0971. The average molecular weight is 197 g/mol. The van der Waals surface area contributed by atoms with Gasteiger partial charge in [0.1, 0.15) is 0 Å². The maximum Gasteiger partial charge on any atom is 0.337 e. The molecule has 0 atom stereocenters. The number of carboxylic acid groups (broad SMARTS) is 1. The number of nitrogens with zero attached hydrogens (tertiary/aromatic N) is 1. The molecule has 1 heterocycles. The predicted octanol–water partition coefficient (Wildman–Crippen LogP) is 0.323. The number of aliphatic hydroxyl groups excluding tert-OH is 1. The summed E-state index contributed by atoms with van der Waals surface area (Å²) in [6, 6.07) is 2.89. The summed E-state index contributed by atoms with van der Waals surface area (Å²) in [6.45, 7) is -0.138. The van der Waals surface area contributed by atoms with E-state index in [4.69, 9.17) is 14.9 Å². The van der Waals surface area contributed by atoms with Crippen LogP contribution in [0.5, 0.6) is 5.88 Å². The first-order valence-electron chi connectivity index (χ1n) is 4.07. The number of aromatic nitrogens is 1. The molecule has 1 aromatic heterocycles. The van der Waals surface area contributed by atoms with Crippen LogP contribution in [0.4, 0.5) is 0 Å². The van der Waals surface area contributed by atoms with Crippen LogP contribution >= 0.6 is 0 Å². The van der Waals surface area contributed by atoms with Crippen molar-refractivity contribution in [2.75, 3.05) is 13.7 Å². The summed E-state index contributed by atoms with van der Waals surface area (Å²) < 4.78 is 4.85. The van der Waals surface area contributed by atoms with Gasteiger partial charge in [-0.15, -0.1) is 0 Å². The molecule has 0 spiro atoms. The van der Waals surface area contributed by atoms with Gasteiger partial charge in [-0.05, 0) is 6.07 Å². The van der Waals surface area contributed by atoms with Crippen molar-refractivity contribution in [3.63, 3.8) is 0 Å². The maximum absolute atomic E-state index is 10.7. The third-order valence-corrected chi connectivity index (χ3v) is 1.74. The Morgan fingerprint density at radius 3 is 2.79 bits per heavy atom. The monoisotopic (exact) mass is 197 g/mol. The first-order chi connectivity index (χ1) is 6.69. The summed E-state index contributed by atoms with van der Waals surface area (Å²) in [5.74, 6) is -0.706. The van der Waals surface area contributed by atoms with Gasteiger partial charge in [-0.2, -0.15) is 0 Å². The van der Waals surface area contributed by atoms with E-state index in [0.717, 1.165) is 0 Å². The van der Waals surface area contributed by atoms with Crippen LogP contribution in [-0.2, 0) is 6.42 Å². The second-order valence-corrected chi connectivity index (χ2v) is 2.63.